The van der Waals surface area contributed by atoms with E-state index in [1.807, 2.05) is 0 Å². The molecule has 1 aromatic carbocycles. The molecule has 0 bridgehead atoms. The Morgan fingerprint density at radius 1 is 1.25 bits per heavy atom. The standard InChI is InChI=1S/C13H15ClFNO3S/c1-9-11(13(17)16-5-3-2-4-6-16)7-10(15)8-12(9)20(14,18)19/h7-8H,2-6H2,1H3. The monoisotopic (exact) mass is 319 g/mol. The fourth-order valence-electron chi connectivity index (χ4n) is 2.40. The van der Waals surface area contributed by atoms with Crippen LogP contribution >= 0.6 is 10.7 Å². The van der Waals surface area contributed by atoms with Gasteiger partial charge in [0.05, 0.1) is 4.90 Å². The van der Waals surface area contributed by atoms with Crippen LogP contribution in [0.15, 0.2) is 17.0 Å². The lowest BCUT2D eigenvalue weighted by atomic mass is 10.0. The molecule has 110 valence electrons. The van der Waals surface area contributed by atoms with Gasteiger partial charge in [0.1, 0.15) is 5.82 Å². The van der Waals surface area contributed by atoms with Gasteiger partial charge in [-0.3, -0.25) is 4.79 Å². The van der Waals surface area contributed by atoms with Crippen molar-refractivity contribution in [3.05, 3.63) is 29.1 Å². The highest BCUT2D eigenvalue weighted by atomic mass is 35.7. The molecule has 1 fully saturated rings. The molecule has 0 N–H and O–H groups in total. The number of hydrogen-bond donors (Lipinski definition) is 0. The summed E-state index contributed by atoms with van der Waals surface area (Å²) in [6, 6.07) is 1.91. The highest BCUT2D eigenvalue weighted by molar-refractivity contribution is 8.13. The number of likely N-dealkylation sites (tertiary alicyclic amines) is 1. The molecule has 0 radical (unpaired) electrons. The van der Waals surface area contributed by atoms with Crippen molar-refractivity contribution in [1.82, 2.24) is 4.90 Å². The van der Waals surface area contributed by atoms with E-state index in [1.54, 1.807) is 4.90 Å². The Morgan fingerprint density at radius 2 is 1.85 bits per heavy atom. The largest absolute Gasteiger partial charge is 0.339 e. The zero-order chi connectivity index (χ0) is 14.9. The molecule has 1 heterocycles. The first-order valence-corrected chi connectivity index (χ1v) is 8.65. The Morgan fingerprint density at radius 3 is 2.40 bits per heavy atom. The lowest BCUT2D eigenvalue weighted by molar-refractivity contribution is 0.0722. The van der Waals surface area contributed by atoms with Crippen LogP contribution in [-0.2, 0) is 9.05 Å². The molecule has 4 nitrogen and oxygen atoms in total. The normalized spacial score (nSPS) is 16.2. The third-order valence-electron chi connectivity index (χ3n) is 3.46. The van der Waals surface area contributed by atoms with Crippen LogP contribution in [0.3, 0.4) is 0 Å². The van der Waals surface area contributed by atoms with Crippen molar-refractivity contribution < 1.29 is 17.6 Å². The average Bonchev–Trinajstić information content (AvgIpc) is 2.40. The maximum absolute atomic E-state index is 13.6. The molecule has 0 aliphatic carbocycles. The second-order valence-electron chi connectivity index (χ2n) is 4.87. The topological polar surface area (TPSA) is 54.5 Å². The Hall–Kier alpha value is -1.14. The van der Waals surface area contributed by atoms with E-state index in [-0.39, 0.29) is 21.9 Å². The maximum Gasteiger partial charge on any atom is 0.261 e. The number of hydrogen-bond acceptors (Lipinski definition) is 3. The van der Waals surface area contributed by atoms with Gasteiger partial charge < -0.3 is 4.90 Å². The van der Waals surface area contributed by atoms with Gasteiger partial charge in [-0.25, -0.2) is 12.8 Å². The van der Waals surface area contributed by atoms with Crippen LogP contribution in [0.5, 0.6) is 0 Å². The molecule has 0 aromatic heterocycles. The van der Waals surface area contributed by atoms with Crippen molar-refractivity contribution in [3.8, 4) is 0 Å². The first kappa shape index (κ1) is 15.3. The van der Waals surface area contributed by atoms with Crippen LogP contribution in [0.1, 0.15) is 35.2 Å². The first-order valence-electron chi connectivity index (χ1n) is 6.35. The molecule has 1 amide bonds. The van der Waals surface area contributed by atoms with Gasteiger partial charge in [0.15, 0.2) is 0 Å². The smallest absolute Gasteiger partial charge is 0.261 e. The van der Waals surface area contributed by atoms with Gasteiger partial charge in [-0.1, -0.05) is 0 Å². The summed E-state index contributed by atoms with van der Waals surface area (Å²) in [7, 11) is 1.20. The summed E-state index contributed by atoms with van der Waals surface area (Å²) in [6.07, 6.45) is 2.87. The predicted molar refractivity (Wildman–Crippen MR) is 73.9 cm³/mol. The molecule has 1 aliphatic rings. The maximum atomic E-state index is 13.6. The summed E-state index contributed by atoms with van der Waals surface area (Å²) in [6.45, 7) is 2.68. The van der Waals surface area contributed by atoms with Gasteiger partial charge in [-0.05, 0) is 43.9 Å². The summed E-state index contributed by atoms with van der Waals surface area (Å²) in [5, 5.41) is 0. The highest BCUT2D eigenvalue weighted by Crippen LogP contribution is 2.25. The average molecular weight is 320 g/mol. The zero-order valence-corrected chi connectivity index (χ0v) is 12.6. The lowest BCUT2D eigenvalue weighted by Gasteiger charge is -2.27. The molecule has 0 saturated carbocycles. The van der Waals surface area contributed by atoms with Crippen molar-refractivity contribution in [2.24, 2.45) is 0 Å². The fourth-order valence-corrected chi connectivity index (χ4v) is 3.61. The second-order valence-corrected chi connectivity index (χ2v) is 7.40. The van der Waals surface area contributed by atoms with Gasteiger partial charge in [0, 0.05) is 29.3 Å². The van der Waals surface area contributed by atoms with E-state index in [2.05, 4.69) is 0 Å². The summed E-state index contributed by atoms with van der Waals surface area (Å²) >= 11 is 0. The minimum absolute atomic E-state index is 0.0612. The Kier molecular flexibility index (Phi) is 4.34. The molecule has 20 heavy (non-hydrogen) atoms. The molecule has 0 spiro atoms. The molecular weight excluding hydrogens is 305 g/mol. The van der Waals surface area contributed by atoms with Crippen molar-refractivity contribution in [1.29, 1.82) is 0 Å². The van der Waals surface area contributed by atoms with Gasteiger partial charge in [-0.2, -0.15) is 0 Å². The van der Waals surface area contributed by atoms with Crippen LogP contribution < -0.4 is 0 Å². The molecule has 1 saturated heterocycles. The minimum atomic E-state index is -4.08. The number of benzene rings is 1. The number of nitrogens with zero attached hydrogens (tertiary/aromatic N) is 1. The number of halogens is 2. The molecule has 1 aromatic rings. The third kappa shape index (κ3) is 3.12. The quantitative estimate of drug-likeness (QED) is 0.788. The van der Waals surface area contributed by atoms with Crippen LogP contribution in [0.4, 0.5) is 4.39 Å². The number of carbonyl (C=O) groups is 1. The number of rotatable bonds is 2. The van der Waals surface area contributed by atoms with Crippen LogP contribution in [0, 0.1) is 12.7 Å². The Bertz CT molecular complexity index is 639. The van der Waals surface area contributed by atoms with E-state index in [1.165, 1.54) is 6.92 Å². The Labute approximate surface area is 121 Å². The summed E-state index contributed by atoms with van der Waals surface area (Å²) in [5.41, 5.74) is 0.253. The van der Waals surface area contributed by atoms with Crippen molar-refractivity contribution >= 4 is 25.6 Å². The fraction of sp³-hybridized carbons (Fsp3) is 0.462. The van der Waals surface area contributed by atoms with E-state index >= 15 is 0 Å². The lowest BCUT2D eigenvalue weighted by Crippen LogP contribution is -2.36. The van der Waals surface area contributed by atoms with Crippen LogP contribution in [0.2, 0.25) is 0 Å². The first-order chi connectivity index (χ1) is 9.30. The SMILES string of the molecule is Cc1c(C(=O)N2CCCCC2)cc(F)cc1S(=O)(=O)Cl. The summed E-state index contributed by atoms with van der Waals surface area (Å²) in [4.78, 5) is 13.6. The highest BCUT2D eigenvalue weighted by Gasteiger charge is 2.25. The van der Waals surface area contributed by atoms with Crippen molar-refractivity contribution in [2.45, 2.75) is 31.1 Å². The zero-order valence-electron chi connectivity index (χ0n) is 11.0. The molecule has 0 unspecified atom stereocenters. The second kappa shape index (κ2) is 5.69. The summed E-state index contributed by atoms with van der Waals surface area (Å²) < 4.78 is 36.4. The van der Waals surface area contributed by atoms with E-state index in [9.17, 15) is 17.6 Å². The number of piperidine rings is 1. The summed E-state index contributed by atoms with van der Waals surface area (Å²) in [5.74, 6) is -1.13. The number of amides is 1. The molecule has 0 atom stereocenters. The minimum Gasteiger partial charge on any atom is -0.339 e. The van der Waals surface area contributed by atoms with E-state index < -0.39 is 14.9 Å². The van der Waals surface area contributed by atoms with E-state index in [0.29, 0.717) is 13.1 Å². The van der Waals surface area contributed by atoms with E-state index in [0.717, 1.165) is 31.4 Å². The molecule has 1 aliphatic heterocycles. The van der Waals surface area contributed by atoms with Gasteiger partial charge in [0.25, 0.3) is 15.0 Å². The van der Waals surface area contributed by atoms with Gasteiger partial charge >= 0.3 is 0 Å². The van der Waals surface area contributed by atoms with Crippen molar-refractivity contribution in [2.75, 3.05) is 13.1 Å². The van der Waals surface area contributed by atoms with E-state index in [4.69, 9.17) is 10.7 Å². The van der Waals surface area contributed by atoms with Crippen LogP contribution in [-0.4, -0.2) is 32.3 Å². The third-order valence-corrected chi connectivity index (χ3v) is 4.91. The van der Waals surface area contributed by atoms with Crippen molar-refractivity contribution in [3.63, 3.8) is 0 Å². The Balaban J connectivity index is 2.46. The number of carbonyl (C=O) groups excluding carboxylic acids is 1. The predicted octanol–water partition coefficient (Wildman–Crippen LogP) is 2.69. The molecule has 2 rings (SSSR count). The van der Waals surface area contributed by atoms with Crippen LogP contribution in [0.25, 0.3) is 0 Å². The van der Waals surface area contributed by atoms with Gasteiger partial charge in [0.2, 0.25) is 0 Å². The molecular formula is C13H15ClFNO3S. The van der Waals surface area contributed by atoms with Gasteiger partial charge in [-0.15, -0.1) is 0 Å². The molecule has 7 heteroatoms.